The fourth-order valence-corrected chi connectivity index (χ4v) is 0.847. The molecule has 2 N–H and O–H groups in total. The van der Waals surface area contributed by atoms with Gasteiger partial charge in [-0.05, 0) is 6.42 Å². The number of nitrogens with two attached hydrogens (primary N) is 1. The molecule has 90 valence electrons. The van der Waals surface area contributed by atoms with Gasteiger partial charge in [0.15, 0.2) is 0 Å². The topological polar surface area (TPSA) is 70.8 Å². The Morgan fingerprint density at radius 3 is 2.60 bits per heavy atom. The average Bonchev–Trinajstić information content (AvgIpc) is 2.26. The summed E-state index contributed by atoms with van der Waals surface area (Å²) in [6, 6.07) is 0. The highest BCUT2D eigenvalue weighted by molar-refractivity contribution is 5.72. The lowest BCUT2D eigenvalue weighted by molar-refractivity contribution is -0.149. The van der Waals surface area contributed by atoms with Crippen LogP contribution in [0.15, 0.2) is 0 Å². The number of hydrogen-bond donors (Lipinski definition) is 1. The van der Waals surface area contributed by atoms with Crippen molar-refractivity contribution in [1.29, 1.82) is 0 Å². The molecule has 0 aliphatic carbocycles. The Bertz CT molecular complexity index is 164. The molecule has 5 nitrogen and oxygen atoms in total. The van der Waals surface area contributed by atoms with E-state index in [1.807, 2.05) is 0 Å². The molecule has 0 aliphatic rings. The number of hydrogen-bond acceptors (Lipinski definition) is 5. The number of methoxy groups -OCH3 is 1. The summed E-state index contributed by atoms with van der Waals surface area (Å²) in [4.78, 5) is 11.1. The molecular weight excluding hydrogens is 198 g/mol. The molecule has 0 amide bonds. The van der Waals surface area contributed by atoms with Crippen LogP contribution in [-0.4, -0.2) is 46.1 Å². The van der Waals surface area contributed by atoms with Gasteiger partial charge in [-0.3, -0.25) is 4.79 Å². The predicted molar refractivity (Wildman–Crippen MR) is 56.5 cm³/mol. The highest BCUT2D eigenvalue weighted by Gasteiger charge is 2.11. The van der Waals surface area contributed by atoms with Crippen molar-refractivity contribution >= 4 is 5.97 Å². The van der Waals surface area contributed by atoms with Crippen molar-refractivity contribution in [1.82, 2.24) is 0 Å². The zero-order valence-corrected chi connectivity index (χ0v) is 9.53. The first-order valence-electron chi connectivity index (χ1n) is 5.15. The van der Waals surface area contributed by atoms with Gasteiger partial charge in [0.05, 0.1) is 12.5 Å². The average molecular weight is 219 g/mol. The summed E-state index contributed by atoms with van der Waals surface area (Å²) in [5.74, 6) is -0.503. The smallest absolute Gasteiger partial charge is 0.310 e. The number of esters is 1. The van der Waals surface area contributed by atoms with Crippen molar-refractivity contribution in [2.45, 2.75) is 13.3 Å². The van der Waals surface area contributed by atoms with Gasteiger partial charge in [0, 0.05) is 26.9 Å². The standard InChI is InChI=1S/C10H21NO4/c1-9(8-11)10(12)15-7-6-14-5-3-4-13-2/h9H,3-8,11H2,1-2H3. The first kappa shape index (κ1) is 14.3. The zero-order chi connectivity index (χ0) is 11.5. The molecule has 0 radical (unpaired) electrons. The van der Waals surface area contributed by atoms with Gasteiger partial charge in [-0.15, -0.1) is 0 Å². The van der Waals surface area contributed by atoms with Crippen LogP contribution in [-0.2, 0) is 19.0 Å². The molecule has 1 atom stereocenters. The van der Waals surface area contributed by atoms with E-state index in [4.69, 9.17) is 19.9 Å². The maximum Gasteiger partial charge on any atom is 0.310 e. The molecule has 0 rings (SSSR count). The van der Waals surface area contributed by atoms with Crippen LogP contribution < -0.4 is 5.73 Å². The Balaban J connectivity index is 3.20. The van der Waals surface area contributed by atoms with Gasteiger partial charge in [-0.1, -0.05) is 6.92 Å². The summed E-state index contributed by atoms with van der Waals surface area (Å²) in [6.07, 6.45) is 0.851. The van der Waals surface area contributed by atoms with Crippen LogP contribution in [0.2, 0.25) is 0 Å². The highest BCUT2D eigenvalue weighted by atomic mass is 16.6. The summed E-state index contributed by atoms with van der Waals surface area (Å²) in [6.45, 7) is 4.07. The molecule has 0 bridgehead atoms. The van der Waals surface area contributed by atoms with E-state index in [-0.39, 0.29) is 18.5 Å². The first-order valence-corrected chi connectivity index (χ1v) is 5.15. The Labute approximate surface area is 90.9 Å². The predicted octanol–water partition coefficient (Wildman–Crippen LogP) is 0.178. The summed E-state index contributed by atoms with van der Waals surface area (Å²) in [5.41, 5.74) is 5.31. The van der Waals surface area contributed by atoms with Crippen molar-refractivity contribution in [3.8, 4) is 0 Å². The molecule has 0 heterocycles. The third kappa shape index (κ3) is 8.35. The van der Waals surface area contributed by atoms with E-state index in [0.717, 1.165) is 6.42 Å². The lowest BCUT2D eigenvalue weighted by atomic mass is 10.2. The second-order valence-corrected chi connectivity index (χ2v) is 3.26. The SMILES string of the molecule is COCCCOCCOC(=O)C(C)CN. The number of ether oxygens (including phenoxy) is 3. The summed E-state index contributed by atoms with van der Waals surface area (Å²) < 4.78 is 15.0. The van der Waals surface area contributed by atoms with Crippen LogP contribution in [0.4, 0.5) is 0 Å². The Hall–Kier alpha value is -0.650. The molecule has 1 unspecified atom stereocenters. The van der Waals surface area contributed by atoms with Crippen LogP contribution in [0.25, 0.3) is 0 Å². The first-order chi connectivity index (χ1) is 7.22. The number of carbonyl (C=O) groups is 1. The lowest BCUT2D eigenvalue weighted by Crippen LogP contribution is -2.24. The fraction of sp³-hybridized carbons (Fsp3) is 0.900. The summed E-state index contributed by atoms with van der Waals surface area (Å²) >= 11 is 0. The molecule has 0 aliphatic heterocycles. The van der Waals surface area contributed by atoms with Crippen LogP contribution in [0, 0.1) is 5.92 Å². The quantitative estimate of drug-likeness (QED) is 0.442. The molecular formula is C10H21NO4. The maximum absolute atomic E-state index is 11.1. The molecule has 0 saturated carbocycles. The Morgan fingerprint density at radius 1 is 1.27 bits per heavy atom. The van der Waals surface area contributed by atoms with Crippen molar-refractivity contribution in [3.05, 3.63) is 0 Å². The van der Waals surface area contributed by atoms with Gasteiger partial charge >= 0.3 is 5.97 Å². The van der Waals surface area contributed by atoms with E-state index in [0.29, 0.717) is 26.4 Å². The van der Waals surface area contributed by atoms with Crippen LogP contribution in [0.1, 0.15) is 13.3 Å². The molecule has 0 aromatic carbocycles. The molecule has 0 aromatic heterocycles. The minimum absolute atomic E-state index is 0.238. The molecule has 0 spiro atoms. The molecule has 0 aromatic rings. The Kier molecular flexibility index (Phi) is 9.46. The largest absolute Gasteiger partial charge is 0.463 e. The third-order valence-corrected chi connectivity index (χ3v) is 1.87. The van der Waals surface area contributed by atoms with E-state index in [1.54, 1.807) is 14.0 Å². The maximum atomic E-state index is 11.1. The zero-order valence-electron chi connectivity index (χ0n) is 9.53. The van der Waals surface area contributed by atoms with Gasteiger partial charge in [0.25, 0.3) is 0 Å². The van der Waals surface area contributed by atoms with Gasteiger partial charge in [-0.25, -0.2) is 0 Å². The van der Waals surface area contributed by atoms with E-state index in [2.05, 4.69) is 0 Å². The molecule has 0 fully saturated rings. The molecule has 5 heteroatoms. The normalized spacial score (nSPS) is 12.5. The lowest BCUT2D eigenvalue weighted by Gasteiger charge is -2.09. The van der Waals surface area contributed by atoms with Crippen LogP contribution in [0.5, 0.6) is 0 Å². The molecule has 0 saturated heterocycles. The van der Waals surface area contributed by atoms with Crippen molar-refractivity contribution in [2.75, 3.05) is 40.1 Å². The van der Waals surface area contributed by atoms with Crippen LogP contribution >= 0.6 is 0 Å². The highest BCUT2D eigenvalue weighted by Crippen LogP contribution is 1.95. The van der Waals surface area contributed by atoms with E-state index in [1.165, 1.54) is 0 Å². The minimum Gasteiger partial charge on any atom is -0.463 e. The van der Waals surface area contributed by atoms with E-state index < -0.39 is 0 Å². The fourth-order valence-electron chi connectivity index (χ4n) is 0.847. The van der Waals surface area contributed by atoms with Crippen LogP contribution in [0.3, 0.4) is 0 Å². The number of rotatable bonds is 9. The molecule has 15 heavy (non-hydrogen) atoms. The van der Waals surface area contributed by atoms with Crippen molar-refractivity contribution < 1.29 is 19.0 Å². The Morgan fingerprint density at radius 2 is 2.00 bits per heavy atom. The second-order valence-electron chi connectivity index (χ2n) is 3.26. The van der Waals surface area contributed by atoms with E-state index in [9.17, 15) is 4.79 Å². The van der Waals surface area contributed by atoms with Gasteiger partial charge < -0.3 is 19.9 Å². The summed E-state index contributed by atoms with van der Waals surface area (Å²) in [7, 11) is 1.65. The minimum atomic E-state index is -0.266. The number of carbonyl (C=O) groups excluding carboxylic acids is 1. The second kappa shape index (κ2) is 9.89. The van der Waals surface area contributed by atoms with E-state index >= 15 is 0 Å². The van der Waals surface area contributed by atoms with Crippen molar-refractivity contribution in [2.24, 2.45) is 11.7 Å². The van der Waals surface area contributed by atoms with Gasteiger partial charge in [-0.2, -0.15) is 0 Å². The summed E-state index contributed by atoms with van der Waals surface area (Å²) in [5, 5.41) is 0. The van der Waals surface area contributed by atoms with Crippen molar-refractivity contribution in [3.63, 3.8) is 0 Å². The van der Waals surface area contributed by atoms with Gasteiger partial charge in [0.1, 0.15) is 6.61 Å². The monoisotopic (exact) mass is 219 g/mol. The third-order valence-electron chi connectivity index (χ3n) is 1.87. The van der Waals surface area contributed by atoms with Gasteiger partial charge in [0.2, 0.25) is 0 Å².